The number of rotatable bonds is 8. The molecule has 0 saturated carbocycles. The highest BCUT2D eigenvalue weighted by molar-refractivity contribution is 6.25. The lowest BCUT2D eigenvalue weighted by atomic mass is 10.1. The van der Waals surface area contributed by atoms with Crippen molar-refractivity contribution in [3.63, 3.8) is 0 Å². The molecule has 0 aromatic heterocycles. The molecule has 0 unspecified atom stereocenters. The number of halogens is 1. The third-order valence-electron chi connectivity index (χ3n) is 2.06. The zero-order valence-corrected chi connectivity index (χ0v) is 8.95. The van der Waals surface area contributed by atoms with Crippen molar-refractivity contribution < 1.29 is 0 Å². The van der Waals surface area contributed by atoms with E-state index in [-0.39, 0.29) is 0 Å². The fourth-order valence-electron chi connectivity index (χ4n) is 1.28. The number of hydrogen-bond acceptors (Lipinski definition) is 0. The van der Waals surface area contributed by atoms with Crippen LogP contribution < -0.4 is 0 Å². The van der Waals surface area contributed by atoms with Crippen LogP contribution >= 0.6 is 11.6 Å². The molecule has 0 aliphatic heterocycles. The topological polar surface area (TPSA) is 0 Å². The highest BCUT2D eigenvalue weighted by Crippen LogP contribution is 2.08. The molecular weight excluding hydrogens is 168 g/mol. The van der Waals surface area contributed by atoms with Crippen LogP contribution in [0.3, 0.4) is 0 Å². The first-order chi connectivity index (χ1) is 5.91. The van der Waals surface area contributed by atoms with Gasteiger partial charge < -0.3 is 0 Å². The molecule has 72 valence electrons. The Morgan fingerprint density at radius 2 is 1.50 bits per heavy atom. The van der Waals surface area contributed by atoms with E-state index < -0.39 is 0 Å². The molecule has 0 heterocycles. The average Bonchev–Trinajstić information content (AvgIpc) is 2.10. The van der Waals surface area contributed by atoms with E-state index in [1.165, 1.54) is 44.9 Å². The SMILES string of the molecule is CCCCCCCCC/C=C\Cl. The number of unbranched alkanes of at least 4 members (excludes halogenated alkanes) is 7. The number of allylic oxidation sites excluding steroid dienone is 1. The highest BCUT2D eigenvalue weighted by Gasteiger charge is 1.88. The zero-order valence-electron chi connectivity index (χ0n) is 8.19. The van der Waals surface area contributed by atoms with Crippen LogP contribution in [0, 0.1) is 0 Å². The van der Waals surface area contributed by atoms with Crippen molar-refractivity contribution in [2.75, 3.05) is 0 Å². The Morgan fingerprint density at radius 1 is 0.917 bits per heavy atom. The van der Waals surface area contributed by atoms with Crippen LogP contribution in [-0.2, 0) is 0 Å². The van der Waals surface area contributed by atoms with Gasteiger partial charge in [-0.3, -0.25) is 0 Å². The van der Waals surface area contributed by atoms with Crippen molar-refractivity contribution in [3.05, 3.63) is 11.6 Å². The summed E-state index contributed by atoms with van der Waals surface area (Å²) in [6, 6.07) is 0. The largest absolute Gasteiger partial charge is 0.0933 e. The molecule has 1 heteroatoms. The summed E-state index contributed by atoms with van der Waals surface area (Å²) in [6.07, 6.45) is 12.8. The van der Waals surface area contributed by atoms with Gasteiger partial charge in [-0.1, -0.05) is 63.1 Å². The molecule has 0 aliphatic rings. The maximum atomic E-state index is 5.40. The van der Waals surface area contributed by atoms with Gasteiger partial charge in [0.2, 0.25) is 0 Å². The van der Waals surface area contributed by atoms with Crippen LogP contribution in [0.5, 0.6) is 0 Å². The van der Waals surface area contributed by atoms with Gasteiger partial charge in [0.1, 0.15) is 0 Å². The quantitative estimate of drug-likeness (QED) is 0.477. The molecule has 0 aromatic carbocycles. The van der Waals surface area contributed by atoms with E-state index in [9.17, 15) is 0 Å². The molecule has 0 nitrogen and oxygen atoms in total. The summed E-state index contributed by atoms with van der Waals surface area (Å²) in [5, 5.41) is 0. The molecule has 0 N–H and O–H groups in total. The van der Waals surface area contributed by atoms with Gasteiger partial charge in [-0.25, -0.2) is 0 Å². The molecule has 0 rings (SSSR count). The smallest absolute Gasteiger partial charge is 0.000245 e. The van der Waals surface area contributed by atoms with Crippen molar-refractivity contribution in [1.82, 2.24) is 0 Å². The second-order valence-corrected chi connectivity index (χ2v) is 3.52. The average molecular weight is 189 g/mol. The van der Waals surface area contributed by atoms with Gasteiger partial charge in [0.05, 0.1) is 0 Å². The van der Waals surface area contributed by atoms with E-state index in [0.29, 0.717) is 0 Å². The summed E-state index contributed by atoms with van der Waals surface area (Å²) in [6.45, 7) is 2.26. The fraction of sp³-hybridized carbons (Fsp3) is 0.818. The van der Waals surface area contributed by atoms with Crippen LogP contribution in [0.4, 0.5) is 0 Å². The van der Waals surface area contributed by atoms with E-state index in [1.54, 1.807) is 5.54 Å². The van der Waals surface area contributed by atoms with E-state index in [1.807, 2.05) is 6.08 Å². The second-order valence-electron chi connectivity index (χ2n) is 3.27. The standard InChI is InChI=1S/C11H21Cl/c1-2-3-4-5-6-7-8-9-10-11-12/h10-11H,2-9H2,1H3/b11-10-. The number of hydrogen-bond donors (Lipinski definition) is 0. The van der Waals surface area contributed by atoms with Gasteiger partial charge >= 0.3 is 0 Å². The third kappa shape index (κ3) is 10.0. The predicted octanol–water partition coefficient (Wildman–Crippen LogP) is 4.88. The minimum absolute atomic E-state index is 1.15. The summed E-state index contributed by atoms with van der Waals surface area (Å²) in [4.78, 5) is 0. The molecule has 0 aromatic rings. The summed E-state index contributed by atoms with van der Waals surface area (Å²) in [5.74, 6) is 0. The van der Waals surface area contributed by atoms with Crippen molar-refractivity contribution in [2.24, 2.45) is 0 Å². The van der Waals surface area contributed by atoms with Crippen molar-refractivity contribution in [1.29, 1.82) is 0 Å². The lowest BCUT2D eigenvalue weighted by molar-refractivity contribution is 0.592. The van der Waals surface area contributed by atoms with Crippen LogP contribution in [0.1, 0.15) is 58.3 Å². The van der Waals surface area contributed by atoms with Crippen molar-refractivity contribution >= 4 is 11.6 Å². The summed E-state index contributed by atoms with van der Waals surface area (Å²) < 4.78 is 0. The minimum Gasteiger partial charge on any atom is -0.0933 e. The molecule has 0 radical (unpaired) electrons. The Morgan fingerprint density at radius 3 is 2.08 bits per heavy atom. The van der Waals surface area contributed by atoms with E-state index in [0.717, 1.165) is 6.42 Å². The molecule has 0 fully saturated rings. The Kier molecular flexibility index (Phi) is 11.1. The Hall–Kier alpha value is 0.0300. The molecule has 0 amide bonds. The van der Waals surface area contributed by atoms with Crippen LogP contribution in [-0.4, -0.2) is 0 Å². The zero-order chi connectivity index (χ0) is 9.07. The normalized spacial score (nSPS) is 11.2. The summed E-state index contributed by atoms with van der Waals surface area (Å²) in [5.41, 5.74) is 1.62. The van der Waals surface area contributed by atoms with Gasteiger partial charge in [0, 0.05) is 5.54 Å². The van der Waals surface area contributed by atoms with Crippen molar-refractivity contribution in [3.8, 4) is 0 Å². The van der Waals surface area contributed by atoms with Crippen LogP contribution in [0.25, 0.3) is 0 Å². The first-order valence-electron chi connectivity index (χ1n) is 5.17. The van der Waals surface area contributed by atoms with Crippen LogP contribution in [0.2, 0.25) is 0 Å². The molecule has 12 heavy (non-hydrogen) atoms. The summed E-state index contributed by atoms with van der Waals surface area (Å²) >= 11 is 5.40. The molecule has 0 bridgehead atoms. The Balaban J connectivity index is 2.81. The van der Waals surface area contributed by atoms with Gasteiger partial charge in [0.25, 0.3) is 0 Å². The van der Waals surface area contributed by atoms with Gasteiger partial charge in [-0.05, 0) is 12.8 Å². The molecule has 0 spiro atoms. The van der Waals surface area contributed by atoms with E-state index in [4.69, 9.17) is 11.6 Å². The van der Waals surface area contributed by atoms with Gasteiger partial charge in [-0.2, -0.15) is 0 Å². The lowest BCUT2D eigenvalue weighted by Gasteiger charge is -1.98. The highest BCUT2D eigenvalue weighted by atomic mass is 35.5. The summed E-state index contributed by atoms with van der Waals surface area (Å²) in [7, 11) is 0. The first-order valence-corrected chi connectivity index (χ1v) is 5.60. The van der Waals surface area contributed by atoms with E-state index >= 15 is 0 Å². The van der Waals surface area contributed by atoms with E-state index in [2.05, 4.69) is 6.92 Å². The fourth-order valence-corrected chi connectivity index (χ4v) is 1.41. The predicted molar refractivity (Wildman–Crippen MR) is 57.6 cm³/mol. The van der Waals surface area contributed by atoms with Crippen LogP contribution in [0.15, 0.2) is 11.6 Å². The Bertz CT molecular complexity index is 97.2. The maximum absolute atomic E-state index is 5.40. The second kappa shape index (κ2) is 11.0. The monoisotopic (exact) mass is 188 g/mol. The van der Waals surface area contributed by atoms with Gasteiger partial charge in [-0.15, -0.1) is 0 Å². The molecular formula is C11H21Cl. The third-order valence-corrected chi connectivity index (χ3v) is 2.24. The minimum atomic E-state index is 1.15. The molecule has 0 atom stereocenters. The molecule has 0 saturated heterocycles. The first kappa shape index (κ1) is 12.0. The van der Waals surface area contributed by atoms with Crippen molar-refractivity contribution in [2.45, 2.75) is 58.3 Å². The molecule has 0 aliphatic carbocycles. The Labute approximate surface area is 82.0 Å². The maximum Gasteiger partial charge on any atom is 0.000245 e. The lowest BCUT2D eigenvalue weighted by Crippen LogP contribution is -1.78. The van der Waals surface area contributed by atoms with Gasteiger partial charge in [0.15, 0.2) is 0 Å².